The number of likely N-dealkylation sites (tertiary alicyclic amines) is 1. The molecule has 1 amide bonds. The quantitative estimate of drug-likeness (QED) is 0.239. The van der Waals surface area contributed by atoms with Gasteiger partial charge in [-0.25, -0.2) is 0 Å². The zero-order valence-electron chi connectivity index (χ0n) is 25.1. The minimum Gasteiger partial charge on any atom is -0.400 e. The van der Waals surface area contributed by atoms with E-state index in [1.807, 2.05) is 58.0 Å². The van der Waals surface area contributed by atoms with Crippen LogP contribution in [0.15, 0.2) is 30.3 Å². The van der Waals surface area contributed by atoms with E-state index >= 15 is 0 Å². The van der Waals surface area contributed by atoms with Crippen molar-refractivity contribution in [3.63, 3.8) is 0 Å². The highest BCUT2D eigenvalue weighted by Gasteiger charge is 2.27. The van der Waals surface area contributed by atoms with Gasteiger partial charge in [0, 0.05) is 32.6 Å². The van der Waals surface area contributed by atoms with Crippen molar-refractivity contribution in [3.05, 3.63) is 35.9 Å². The molecule has 0 aliphatic carbocycles. The molecule has 218 valence electrons. The second-order valence-corrected chi connectivity index (χ2v) is 9.18. The summed E-state index contributed by atoms with van der Waals surface area (Å²) < 4.78 is 0. The van der Waals surface area contributed by atoms with Crippen molar-refractivity contribution in [3.8, 4) is 0 Å². The molecule has 0 radical (unpaired) electrons. The van der Waals surface area contributed by atoms with Crippen LogP contribution in [-0.2, 0) is 9.59 Å². The molecule has 5 atom stereocenters. The summed E-state index contributed by atoms with van der Waals surface area (Å²) in [5.74, 6) is 0.795. The molecule has 0 saturated carbocycles. The number of carbonyl (C=O) groups is 2. The van der Waals surface area contributed by atoms with E-state index in [0.29, 0.717) is 6.04 Å². The molecule has 1 aromatic carbocycles. The SMILES string of the molecule is CC.CC(C[C@@H]1CCCN1C)C(=O)N[C@H](C)C(O)c1ccccc1.CCC(C)CCCC=O.CO.CO. The smallest absolute Gasteiger partial charge is 0.223 e. The lowest BCUT2D eigenvalue weighted by Crippen LogP contribution is -2.41. The van der Waals surface area contributed by atoms with Gasteiger partial charge < -0.3 is 30.3 Å². The van der Waals surface area contributed by atoms with Gasteiger partial charge in [0.05, 0.1) is 12.1 Å². The number of aliphatic hydroxyl groups is 3. The third kappa shape index (κ3) is 19.0. The lowest BCUT2D eigenvalue weighted by molar-refractivity contribution is -0.126. The average Bonchev–Trinajstić information content (AvgIpc) is 3.36. The Hall–Kier alpha value is -1.80. The Morgan fingerprint density at radius 2 is 1.68 bits per heavy atom. The minimum atomic E-state index is -0.675. The van der Waals surface area contributed by atoms with Gasteiger partial charge in [-0.15, -0.1) is 0 Å². The first kappa shape index (κ1) is 39.7. The van der Waals surface area contributed by atoms with Gasteiger partial charge in [0.15, 0.2) is 0 Å². The maximum atomic E-state index is 12.3. The monoisotopic (exact) mass is 526 g/mol. The van der Waals surface area contributed by atoms with Crippen LogP contribution in [0, 0.1) is 11.8 Å². The first-order valence-corrected chi connectivity index (χ1v) is 13.9. The molecule has 37 heavy (non-hydrogen) atoms. The number of benzene rings is 1. The molecule has 3 unspecified atom stereocenters. The van der Waals surface area contributed by atoms with Crippen molar-refractivity contribution < 1.29 is 24.9 Å². The summed E-state index contributed by atoms with van der Waals surface area (Å²) in [6.45, 7) is 13.4. The first-order chi connectivity index (χ1) is 17.8. The Balaban J connectivity index is -0.000000648. The molecule has 1 aliphatic rings. The Kier molecular flexibility index (Phi) is 29.2. The fourth-order valence-corrected chi connectivity index (χ4v) is 3.93. The fourth-order valence-electron chi connectivity index (χ4n) is 3.93. The molecule has 7 heteroatoms. The number of nitrogens with one attached hydrogen (secondary N) is 1. The molecule has 2 rings (SSSR count). The number of unbranched alkanes of at least 4 members (excludes halogenated alkanes) is 1. The largest absolute Gasteiger partial charge is 0.400 e. The van der Waals surface area contributed by atoms with Crippen molar-refractivity contribution >= 4 is 12.2 Å². The van der Waals surface area contributed by atoms with Crippen molar-refractivity contribution in [2.24, 2.45) is 11.8 Å². The summed E-state index contributed by atoms with van der Waals surface area (Å²) in [4.78, 5) is 24.6. The van der Waals surface area contributed by atoms with Gasteiger partial charge in [0.25, 0.3) is 0 Å². The predicted molar refractivity (Wildman–Crippen MR) is 155 cm³/mol. The summed E-state index contributed by atoms with van der Waals surface area (Å²) in [6.07, 6.45) is 7.86. The molecule has 1 aliphatic heterocycles. The van der Waals surface area contributed by atoms with Gasteiger partial charge in [-0.1, -0.05) is 77.8 Å². The van der Waals surface area contributed by atoms with Crippen LogP contribution < -0.4 is 5.32 Å². The second kappa shape index (κ2) is 27.2. The zero-order chi connectivity index (χ0) is 29.2. The number of hydrogen-bond donors (Lipinski definition) is 4. The summed E-state index contributed by atoms with van der Waals surface area (Å²) in [6, 6.07) is 9.68. The molecule has 4 N–H and O–H groups in total. The number of hydrogen-bond acceptors (Lipinski definition) is 6. The maximum Gasteiger partial charge on any atom is 0.223 e. The van der Waals surface area contributed by atoms with Crippen LogP contribution >= 0.6 is 0 Å². The van der Waals surface area contributed by atoms with Crippen LogP contribution in [0.3, 0.4) is 0 Å². The van der Waals surface area contributed by atoms with Gasteiger partial charge in [-0.2, -0.15) is 0 Å². The summed E-state index contributed by atoms with van der Waals surface area (Å²) in [7, 11) is 4.13. The number of rotatable bonds is 11. The Morgan fingerprint density at radius 1 is 1.11 bits per heavy atom. The fraction of sp³-hybridized carbons (Fsp3) is 0.733. The predicted octanol–water partition coefficient (Wildman–Crippen LogP) is 4.99. The Morgan fingerprint density at radius 3 is 2.14 bits per heavy atom. The van der Waals surface area contributed by atoms with Crippen LogP contribution in [0.1, 0.15) is 98.2 Å². The van der Waals surface area contributed by atoms with Gasteiger partial charge in [-0.3, -0.25) is 4.79 Å². The summed E-state index contributed by atoms with van der Waals surface area (Å²) in [5, 5.41) is 27.3. The molecular weight excluding hydrogens is 468 g/mol. The Bertz CT molecular complexity index is 630. The number of aliphatic hydroxyl groups excluding tert-OH is 3. The molecule has 1 fully saturated rings. The molecule has 0 spiro atoms. The third-order valence-corrected chi connectivity index (χ3v) is 6.45. The summed E-state index contributed by atoms with van der Waals surface area (Å²) >= 11 is 0. The van der Waals surface area contributed by atoms with Gasteiger partial charge in [-0.05, 0) is 57.7 Å². The van der Waals surface area contributed by atoms with E-state index in [-0.39, 0.29) is 17.9 Å². The minimum absolute atomic E-state index is 0.0304. The van der Waals surface area contributed by atoms with Crippen LogP contribution in [0.4, 0.5) is 0 Å². The summed E-state index contributed by atoms with van der Waals surface area (Å²) in [5.41, 5.74) is 0.832. The van der Waals surface area contributed by atoms with E-state index in [0.717, 1.165) is 57.8 Å². The van der Waals surface area contributed by atoms with Crippen LogP contribution in [0.2, 0.25) is 0 Å². The van der Waals surface area contributed by atoms with E-state index in [1.165, 1.54) is 25.7 Å². The zero-order valence-corrected chi connectivity index (χ0v) is 25.1. The lowest BCUT2D eigenvalue weighted by Gasteiger charge is -2.25. The number of amides is 1. The van der Waals surface area contributed by atoms with E-state index in [2.05, 4.69) is 31.1 Å². The first-order valence-electron chi connectivity index (χ1n) is 13.9. The Labute approximate surface area is 227 Å². The third-order valence-electron chi connectivity index (χ3n) is 6.45. The van der Waals surface area contributed by atoms with Gasteiger partial charge >= 0.3 is 0 Å². The second-order valence-electron chi connectivity index (χ2n) is 9.18. The number of aldehydes is 1. The molecule has 1 saturated heterocycles. The van der Waals surface area contributed by atoms with Crippen molar-refractivity contribution in [2.75, 3.05) is 27.8 Å². The van der Waals surface area contributed by atoms with Gasteiger partial charge in [0.1, 0.15) is 6.29 Å². The lowest BCUT2D eigenvalue weighted by atomic mass is 9.98. The number of nitrogens with zero attached hydrogens (tertiary/aromatic N) is 1. The van der Waals surface area contributed by atoms with E-state index in [9.17, 15) is 14.7 Å². The molecule has 0 aromatic heterocycles. The van der Waals surface area contributed by atoms with Crippen LogP contribution in [0.25, 0.3) is 0 Å². The number of carbonyl (C=O) groups excluding carboxylic acids is 2. The van der Waals surface area contributed by atoms with Crippen molar-refractivity contribution in [1.29, 1.82) is 0 Å². The standard InChI is InChI=1S/C18H28N2O2.C8H16O.C2H6.2CH4O/c1-13(12-16-10-7-11-20(16)3)18(22)19-14(2)17(21)15-8-5-4-6-9-15;1-3-8(2)6-4-5-7-9;3*1-2/h4-6,8-9,13-14,16-17,21H,7,10-12H2,1-3H3,(H,19,22);7-8H,3-6H2,1-2H3;1-2H3;2*2H,1H3/t13?,14-,16+,17?;;;;/m1..../s1. The van der Waals surface area contributed by atoms with Gasteiger partial charge in [0.2, 0.25) is 5.91 Å². The highest BCUT2D eigenvalue weighted by atomic mass is 16.3. The van der Waals surface area contributed by atoms with E-state index < -0.39 is 6.10 Å². The molecule has 1 aromatic rings. The molecule has 1 heterocycles. The van der Waals surface area contributed by atoms with Crippen LogP contribution in [0.5, 0.6) is 0 Å². The molecule has 0 bridgehead atoms. The van der Waals surface area contributed by atoms with Crippen LogP contribution in [-0.4, -0.2) is 72.3 Å². The average molecular weight is 527 g/mol. The van der Waals surface area contributed by atoms with Crippen molar-refractivity contribution in [1.82, 2.24) is 10.2 Å². The topological polar surface area (TPSA) is 110 Å². The highest BCUT2D eigenvalue weighted by Crippen LogP contribution is 2.22. The normalized spacial score (nSPS) is 17.4. The maximum absolute atomic E-state index is 12.3. The van der Waals surface area contributed by atoms with E-state index in [1.54, 1.807) is 0 Å². The molecular formula is C30H58N2O5. The molecule has 7 nitrogen and oxygen atoms in total. The van der Waals surface area contributed by atoms with Crippen molar-refractivity contribution in [2.45, 2.75) is 105 Å². The van der Waals surface area contributed by atoms with E-state index in [4.69, 9.17) is 10.2 Å². The highest BCUT2D eigenvalue weighted by molar-refractivity contribution is 5.78.